The van der Waals surface area contributed by atoms with Crippen LogP contribution in [0.15, 0.2) is 18.2 Å². The van der Waals surface area contributed by atoms with E-state index in [4.69, 9.17) is 5.73 Å². The van der Waals surface area contributed by atoms with Gasteiger partial charge in [-0.1, -0.05) is 12.1 Å². The number of esters is 1. The number of hydrogen-bond acceptors (Lipinski definition) is 4. The molecule has 0 fully saturated rings. The normalized spacial score (nSPS) is 10.5. The minimum atomic E-state index is -0.523. The minimum absolute atomic E-state index is 0.154. The van der Waals surface area contributed by atoms with E-state index in [9.17, 15) is 4.79 Å². The second-order valence-corrected chi connectivity index (χ2v) is 4.51. The van der Waals surface area contributed by atoms with Crippen molar-refractivity contribution in [3.63, 3.8) is 0 Å². The lowest BCUT2D eigenvalue weighted by Crippen LogP contribution is -2.08. The van der Waals surface area contributed by atoms with Crippen LogP contribution in [0.25, 0.3) is 5.69 Å². The average molecular weight is 259 g/mol. The third kappa shape index (κ3) is 2.19. The van der Waals surface area contributed by atoms with Gasteiger partial charge >= 0.3 is 5.97 Å². The van der Waals surface area contributed by atoms with E-state index in [1.165, 1.54) is 7.11 Å². The molecule has 0 spiro atoms. The molecule has 5 nitrogen and oxygen atoms in total. The zero-order valence-electron chi connectivity index (χ0n) is 11.5. The molecular weight excluding hydrogens is 242 g/mol. The predicted octanol–water partition coefficient (Wildman–Crippen LogP) is 2.17. The third-order valence-electron chi connectivity index (χ3n) is 3.07. The number of methoxy groups -OCH3 is 1. The van der Waals surface area contributed by atoms with Gasteiger partial charge < -0.3 is 10.5 Å². The van der Waals surface area contributed by atoms with Crippen molar-refractivity contribution in [3.05, 3.63) is 40.8 Å². The van der Waals surface area contributed by atoms with Crippen molar-refractivity contribution in [3.8, 4) is 5.69 Å². The third-order valence-corrected chi connectivity index (χ3v) is 3.07. The SMILES string of the molecule is COC(=O)c1nc(C)n(-c2cc(C)ccc2C)c1N. The van der Waals surface area contributed by atoms with Crippen LogP contribution in [0.3, 0.4) is 0 Å². The Bertz CT molecular complexity index is 644. The Kier molecular flexibility index (Phi) is 3.29. The molecule has 0 radical (unpaired) electrons. The van der Waals surface area contributed by atoms with Crippen LogP contribution in [0, 0.1) is 20.8 Å². The van der Waals surface area contributed by atoms with Gasteiger partial charge in [0.1, 0.15) is 11.6 Å². The summed E-state index contributed by atoms with van der Waals surface area (Å²) in [5, 5.41) is 0. The quantitative estimate of drug-likeness (QED) is 0.839. The van der Waals surface area contributed by atoms with Crippen LogP contribution in [0.2, 0.25) is 0 Å². The Hall–Kier alpha value is -2.30. The number of rotatable bonds is 2. The molecule has 1 aromatic heterocycles. The number of benzene rings is 1. The summed E-state index contributed by atoms with van der Waals surface area (Å²) in [6.07, 6.45) is 0. The highest BCUT2D eigenvalue weighted by Crippen LogP contribution is 2.24. The van der Waals surface area contributed by atoms with E-state index >= 15 is 0 Å². The number of carbonyl (C=O) groups is 1. The van der Waals surface area contributed by atoms with Gasteiger partial charge in [-0.2, -0.15) is 0 Å². The van der Waals surface area contributed by atoms with Crippen molar-refractivity contribution >= 4 is 11.8 Å². The molecular formula is C14H17N3O2. The lowest BCUT2D eigenvalue weighted by Gasteiger charge is -2.11. The van der Waals surface area contributed by atoms with Gasteiger partial charge in [-0.25, -0.2) is 9.78 Å². The number of nitrogens with zero attached hydrogens (tertiary/aromatic N) is 2. The largest absolute Gasteiger partial charge is 0.464 e. The molecule has 0 unspecified atom stereocenters. The lowest BCUT2D eigenvalue weighted by molar-refractivity contribution is 0.0596. The highest BCUT2D eigenvalue weighted by molar-refractivity contribution is 5.92. The Morgan fingerprint density at radius 3 is 2.63 bits per heavy atom. The lowest BCUT2D eigenvalue weighted by atomic mass is 10.1. The number of nitrogens with two attached hydrogens (primary N) is 1. The van der Waals surface area contributed by atoms with Crippen molar-refractivity contribution in [2.24, 2.45) is 0 Å². The molecule has 0 saturated heterocycles. The number of nitrogen functional groups attached to an aromatic ring is 1. The molecule has 0 atom stereocenters. The molecule has 100 valence electrons. The first-order valence-corrected chi connectivity index (χ1v) is 5.96. The summed E-state index contributed by atoms with van der Waals surface area (Å²) >= 11 is 0. The van der Waals surface area contributed by atoms with Crippen LogP contribution >= 0.6 is 0 Å². The average Bonchev–Trinajstić information content (AvgIpc) is 2.67. The molecule has 2 rings (SSSR count). The van der Waals surface area contributed by atoms with Gasteiger partial charge in [0.15, 0.2) is 5.69 Å². The molecule has 1 heterocycles. The highest BCUT2D eigenvalue weighted by Gasteiger charge is 2.20. The van der Waals surface area contributed by atoms with Crippen LogP contribution in [0.1, 0.15) is 27.4 Å². The fourth-order valence-electron chi connectivity index (χ4n) is 2.06. The maximum absolute atomic E-state index is 11.6. The number of aryl methyl sites for hydroxylation is 3. The first kappa shape index (κ1) is 13.1. The van der Waals surface area contributed by atoms with Gasteiger partial charge in [-0.3, -0.25) is 4.57 Å². The molecule has 0 amide bonds. The van der Waals surface area contributed by atoms with Crippen molar-refractivity contribution in [1.82, 2.24) is 9.55 Å². The zero-order chi connectivity index (χ0) is 14.2. The molecule has 5 heteroatoms. The summed E-state index contributed by atoms with van der Waals surface area (Å²) in [6.45, 7) is 5.81. The number of ether oxygens (including phenoxy) is 1. The maximum atomic E-state index is 11.6. The van der Waals surface area contributed by atoms with Crippen molar-refractivity contribution < 1.29 is 9.53 Å². The molecule has 2 N–H and O–H groups in total. The predicted molar refractivity (Wildman–Crippen MR) is 73.5 cm³/mol. The van der Waals surface area contributed by atoms with Gasteiger partial charge in [0.25, 0.3) is 0 Å². The van der Waals surface area contributed by atoms with Crippen molar-refractivity contribution in [2.75, 3.05) is 12.8 Å². The number of aromatic nitrogens is 2. The van der Waals surface area contributed by atoms with Crippen LogP contribution in [0.4, 0.5) is 5.82 Å². The summed E-state index contributed by atoms with van der Waals surface area (Å²) < 4.78 is 6.45. The molecule has 2 aromatic rings. The fraction of sp³-hybridized carbons (Fsp3) is 0.286. The molecule has 0 aliphatic carbocycles. The Morgan fingerprint density at radius 1 is 1.32 bits per heavy atom. The summed E-state index contributed by atoms with van der Waals surface area (Å²) in [4.78, 5) is 15.8. The van der Waals surface area contributed by atoms with Gasteiger partial charge in [-0.15, -0.1) is 0 Å². The zero-order valence-corrected chi connectivity index (χ0v) is 11.5. The number of anilines is 1. The highest BCUT2D eigenvalue weighted by atomic mass is 16.5. The molecule has 0 aliphatic rings. The molecule has 0 aliphatic heterocycles. The van der Waals surface area contributed by atoms with Crippen LogP contribution in [-0.4, -0.2) is 22.6 Å². The minimum Gasteiger partial charge on any atom is -0.464 e. The van der Waals surface area contributed by atoms with Crippen LogP contribution < -0.4 is 5.73 Å². The monoisotopic (exact) mass is 259 g/mol. The van der Waals surface area contributed by atoms with Crippen LogP contribution in [-0.2, 0) is 4.74 Å². The summed E-state index contributed by atoms with van der Waals surface area (Å²) in [5.74, 6) is 0.439. The standard InChI is InChI=1S/C14H17N3O2/c1-8-5-6-9(2)11(7-8)17-10(3)16-12(13(17)15)14(18)19-4/h5-7H,15H2,1-4H3. The number of imidazole rings is 1. The second-order valence-electron chi connectivity index (χ2n) is 4.51. The first-order chi connectivity index (χ1) is 8.95. The summed E-state index contributed by atoms with van der Waals surface area (Å²) in [6, 6.07) is 6.06. The van der Waals surface area contributed by atoms with E-state index in [1.54, 1.807) is 4.57 Å². The topological polar surface area (TPSA) is 70.1 Å². The van der Waals surface area contributed by atoms with E-state index < -0.39 is 5.97 Å². The number of hydrogen-bond donors (Lipinski definition) is 1. The van der Waals surface area contributed by atoms with E-state index in [2.05, 4.69) is 9.72 Å². The summed E-state index contributed by atoms with van der Waals surface area (Å²) in [7, 11) is 1.31. The van der Waals surface area contributed by atoms with Gasteiger partial charge in [0.2, 0.25) is 0 Å². The number of carbonyl (C=O) groups excluding carboxylic acids is 1. The molecule has 0 saturated carbocycles. The molecule has 1 aromatic carbocycles. The van der Waals surface area contributed by atoms with Gasteiger partial charge in [0.05, 0.1) is 12.8 Å². The van der Waals surface area contributed by atoms with Crippen LogP contribution in [0.5, 0.6) is 0 Å². The van der Waals surface area contributed by atoms with Crippen molar-refractivity contribution in [2.45, 2.75) is 20.8 Å². The Balaban J connectivity index is 2.66. The smallest absolute Gasteiger partial charge is 0.360 e. The Labute approximate surface area is 112 Å². The summed E-state index contributed by atoms with van der Waals surface area (Å²) in [5.41, 5.74) is 9.30. The van der Waals surface area contributed by atoms with E-state index in [1.807, 2.05) is 39.0 Å². The fourth-order valence-corrected chi connectivity index (χ4v) is 2.06. The van der Waals surface area contributed by atoms with Gasteiger partial charge in [0, 0.05) is 0 Å². The van der Waals surface area contributed by atoms with E-state index in [0.717, 1.165) is 16.8 Å². The maximum Gasteiger partial charge on any atom is 0.360 e. The van der Waals surface area contributed by atoms with E-state index in [0.29, 0.717) is 11.6 Å². The molecule has 19 heavy (non-hydrogen) atoms. The van der Waals surface area contributed by atoms with E-state index in [-0.39, 0.29) is 5.69 Å². The first-order valence-electron chi connectivity index (χ1n) is 5.96. The van der Waals surface area contributed by atoms with Gasteiger partial charge in [-0.05, 0) is 38.0 Å². The molecule has 0 bridgehead atoms. The second kappa shape index (κ2) is 4.76. The van der Waals surface area contributed by atoms with Crippen molar-refractivity contribution in [1.29, 1.82) is 0 Å². The Morgan fingerprint density at radius 2 is 2.00 bits per heavy atom.